The molecule has 0 aliphatic carbocycles. The van der Waals surface area contributed by atoms with Crippen molar-refractivity contribution in [1.29, 1.82) is 0 Å². The van der Waals surface area contributed by atoms with Gasteiger partial charge in [-0.2, -0.15) is 5.10 Å². The Kier molecular flexibility index (Phi) is 4.67. The third-order valence-corrected chi connectivity index (χ3v) is 3.92. The molecule has 10 heteroatoms. The molecule has 1 heterocycles. The lowest BCUT2D eigenvalue weighted by Crippen LogP contribution is -2.18. The molecule has 0 bridgehead atoms. The lowest BCUT2D eigenvalue weighted by Gasteiger charge is -2.11. The quantitative estimate of drug-likeness (QED) is 0.710. The molecule has 1 amide bonds. The summed E-state index contributed by atoms with van der Waals surface area (Å²) in [5.41, 5.74) is 1.06. The fraction of sp³-hybridized carbons (Fsp3) is 0.0625. The highest BCUT2D eigenvalue weighted by molar-refractivity contribution is 7.92. The van der Waals surface area contributed by atoms with Gasteiger partial charge in [0.1, 0.15) is 18.5 Å². The van der Waals surface area contributed by atoms with E-state index in [4.69, 9.17) is 0 Å². The minimum atomic E-state index is -3.62. The molecule has 1 aromatic heterocycles. The Hall–Kier alpha value is -3.27. The van der Waals surface area contributed by atoms with Crippen LogP contribution in [0.3, 0.4) is 0 Å². The Labute approximate surface area is 148 Å². The van der Waals surface area contributed by atoms with Gasteiger partial charge in [-0.3, -0.25) is 9.52 Å². The number of carbonyl (C=O) groups excluding carboxylic acids is 1. The molecular weight excluding hydrogens is 361 g/mol. The van der Waals surface area contributed by atoms with E-state index in [0.717, 1.165) is 24.1 Å². The van der Waals surface area contributed by atoms with Crippen LogP contribution in [-0.4, -0.2) is 35.3 Å². The van der Waals surface area contributed by atoms with Crippen LogP contribution in [0.5, 0.6) is 0 Å². The summed E-state index contributed by atoms with van der Waals surface area (Å²) >= 11 is 0. The van der Waals surface area contributed by atoms with Crippen LogP contribution in [0, 0.1) is 5.82 Å². The highest BCUT2D eigenvalue weighted by atomic mass is 32.2. The Balaban J connectivity index is 1.83. The van der Waals surface area contributed by atoms with Crippen molar-refractivity contribution in [2.45, 2.75) is 0 Å². The summed E-state index contributed by atoms with van der Waals surface area (Å²) in [4.78, 5) is 16.3. The van der Waals surface area contributed by atoms with Crippen molar-refractivity contribution in [2.75, 3.05) is 16.3 Å². The molecular formula is C16H14FN5O3S. The number of hydrogen-bond acceptors (Lipinski definition) is 5. The number of carbonyl (C=O) groups is 1. The van der Waals surface area contributed by atoms with Gasteiger partial charge in [0.2, 0.25) is 10.0 Å². The number of sulfonamides is 1. The van der Waals surface area contributed by atoms with Crippen molar-refractivity contribution in [3.8, 4) is 5.69 Å². The predicted molar refractivity (Wildman–Crippen MR) is 94.2 cm³/mol. The highest BCUT2D eigenvalue weighted by Crippen LogP contribution is 2.20. The molecule has 0 spiro atoms. The second-order valence-electron chi connectivity index (χ2n) is 5.41. The van der Waals surface area contributed by atoms with Crippen molar-refractivity contribution in [3.05, 3.63) is 66.5 Å². The molecule has 134 valence electrons. The van der Waals surface area contributed by atoms with E-state index < -0.39 is 21.7 Å². The topological polar surface area (TPSA) is 106 Å². The van der Waals surface area contributed by atoms with E-state index in [0.29, 0.717) is 5.69 Å². The van der Waals surface area contributed by atoms with Crippen LogP contribution in [-0.2, 0) is 10.0 Å². The summed E-state index contributed by atoms with van der Waals surface area (Å²) in [6.07, 6.45) is 3.88. The Bertz CT molecular complexity index is 1030. The van der Waals surface area contributed by atoms with Crippen molar-refractivity contribution < 1.29 is 17.6 Å². The molecule has 0 aliphatic rings. The molecule has 0 radical (unpaired) electrons. The highest BCUT2D eigenvalue weighted by Gasteiger charge is 2.15. The van der Waals surface area contributed by atoms with Gasteiger partial charge in [-0.1, -0.05) is 0 Å². The van der Waals surface area contributed by atoms with Gasteiger partial charge in [0.15, 0.2) is 0 Å². The van der Waals surface area contributed by atoms with Crippen LogP contribution in [0.15, 0.2) is 55.1 Å². The summed E-state index contributed by atoms with van der Waals surface area (Å²) < 4.78 is 40.1. The number of amides is 1. The first-order chi connectivity index (χ1) is 12.3. The lowest BCUT2D eigenvalue weighted by atomic mass is 10.1. The summed E-state index contributed by atoms with van der Waals surface area (Å²) in [5, 5.41) is 6.59. The minimum absolute atomic E-state index is 0.00867. The van der Waals surface area contributed by atoms with Gasteiger partial charge in [-0.25, -0.2) is 22.5 Å². The van der Waals surface area contributed by atoms with E-state index in [1.165, 1.54) is 18.7 Å². The summed E-state index contributed by atoms with van der Waals surface area (Å²) in [6.45, 7) is 0. The lowest BCUT2D eigenvalue weighted by molar-refractivity contribution is 0.102. The van der Waals surface area contributed by atoms with E-state index >= 15 is 0 Å². The van der Waals surface area contributed by atoms with E-state index in [9.17, 15) is 17.6 Å². The monoisotopic (exact) mass is 375 g/mol. The maximum atomic E-state index is 13.5. The van der Waals surface area contributed by atoms with Crippen LogP contribution in [0.25, 0.3) is 5.69 Å². The SMILES string of the molecule is CS(=O)(=O)Nc1ccc(F)cc1C(=O)Nc1ccc(-n2cncn2)cc1. The van der Waals surface area contributed by atoms with Crippen molar-refractivity contribution in [3.63, 3.8) is 0 Å². The Morgan fingerprint density at radius 1 is 1.15 bits per heavy atom. The summed E-state index contributed by atoms with van der Waals surface area (Å²) in [5.74, 6) is -1.31. The first-order valence-corrected chi connectivity index (χ1v) is 9.25. The third-order valence-electron chi connectivity index (χ3n) is 3.33. The van der Waals surface area contributed by atoms with E-state index in [1.807, 2.05) is 0 Å². The molecule has 0 aliphatic heterocycles. The van der Waals surface area contributed by atoms with Crippen molar-refractivity contribution in [2.24, 2.45) is 0 Å². The fourth-order valence-electron chi connectivity index (χ4n) is 2.23. The molecule has 8 nitrogen and oxygen atoms in total. The number of hydrogen-bond donors (Lipinski definition) is 2. The van der Waals surface area contributed by atoms with E-state index in [-0.39, 0.29) is 11.3 Å². The number of benzene rings is 2. The molecule has 26 heavy (non-hydrogen) atoms. The molecule has 3 rings (SSSR count). The zero-order valence-corrected chi connectivity index (χ0v) is 14.4. The van der Waals surface area contributed by atoms with Crippen molar-refractivity contribution in [1.82, 2.24) is 14.8 Å². The normalized spacial score (nSPS) is 11.2. The first-order valence-electron chi connectivity index (χ1n) is 7.35. The van der Waals surface area contributed by atoms with E-state index in [1.54, 1.807) is 28.9 Å². The number of anilines is 2. The standard InChI is InChI=1S/C16H14FN5O3S/c1-26(24,25)21-15-7-2-11(17)8-14(15)16(23)20-12-3-5-13(6-4-12)22-10-18-9-19-22/h2-10,21H,1H3,(H,20,23). The molecule has 0 saturated heterocycles. The summed E-state index contributed by atoms with van der Waals surface area (Å²) in [7, 11) is -3.62. The van der Waals surface area contributed by atoms with Gasteiger partial charge in [-0.15, -0.1) is 0 Å². The number of nitrogens with one attached hydrogen (secondary N) is 2. The number of aromatic nitrogens is 3. The zero-order chi connectivity index (χ0) is 18.7. The van der Waals surface area contributed by atoms with Crippen LogP contribution >= 0.6 is 0 Å². The molecule has 3 aromatic rings. The van der Waals surface area contributed by atoms with Gasteiger partial charge >= 0.3 is 0 Å². The average molecular weight is 375 g/mol. The largest absolute Gasteiger partial charge is 0.322 e. The predicted octanol–water partition coefficient (Wildman–Crippen LogP) is 2.03. The van der Waals surface area contributed by atoms with E-state index in [2.05, 4.69) is 20.1 Å². The van der Waals surface area contributed by atoms with Gasteiger partial charge in [0.05, 0.1) is 23.2 Å². The minimum Gasteiger partial charge on any atom is -0.322 e. The molecule has 0 fully saturated rings. The maximum absolute atomic E-state index is 13.5. The zero-order valence-electron chi connectivity index (χ0n) is 13.5. The van der Waals surface area contributed by atoms with Crippen LogP contribution in [0.2, 0.25) is 0 Å². The van der Waals surface area contributed by atoms with Gasteiger partial charge in [0, 0.05) is 5.69 Å². The molecule has 0 saturated carbocycles. The maximum Gasteiger partial charge on any atom is 0.257 e. The second-order valence-corrected chi connectivity index (χ2v) is 7.15. The third kappa shape index (κ3) is 4.22. The van der Waals surface area contributed by atoms with Crippen LogP contribution in [0.4, 0.5) is 15.8 Å². The van der Waals surface area contributed by atoms with Gasteiger partial charge in [0.25, 0.3) is 5.91 Å². The molecule has 0 atom stereocenters. The Morgan fingerprint density at radius 3 is 2.50 bits per heavy atom. The van der Waals surface area contributed by atoms with Gasteiger partial charge in [-0.05, 0) is 42.5 Å². The molecule has 2 aromatic carbocycles. The average Bonchev–Trinajstić information content (AvgIpc) is 3.10. The second kappa shape index (κ2) is 6.92. The number of halogens is 1. The molecule has 0 unspecified atom stereocenters. The van der Waals surface area contributed by atoms with Crippen LogP contribution in [0.1, 0.15) is 10.4 Å². The first kappa shape index (κ1) is 17.5. The van der Waals surface area contributed by atoms with Gasteiger partial charge < -0.3 is 5.32 Å². The number of nitrogens with zero attached hydrogens (tertiary/aromatic N) is 3. The number of rotatable bonds is 5. The van der Waals surface area contributed by atoms with Crippen molar-refractivity contribution >= 4 is 27.3 Å². The molecule has 2 N–H and O–H groups in total. The Morgan fingerprint density at radius 2 is 1.88 bits per heavy atom. The smallest absolute Gasteiger partial charge is 0.257 e. The van der Waals surface area contributed by atoms with Crippen LogP contribution < -0.4 is 10.0 Å². The summed E-state index contributed by atoms with van der Waals surface area (Å²) in [6, 6.07) is 9.93. The fourth-order valence-corrected chi connectivity index (χ4v) is 2.81.